The molecule has 0 aliphatic rings. The van der Waals surface area contributed by atoms with Gasteiger partial charge >= 0.3 is 0 Å². The number of nitrogens with zero attached hydrogens (tertiary/aromatic N) is 2. The third kappa shape index (κ3) is 3.44. The Morgan fingerprint density at radius 2 is 2.05 bits per heavy atom. The van der Waals surface area contributed by atoms with Gasteiger partial charge in [-0.25, -0.2) is 9.97 Å². The summed E-state index contributed by atoms with van der Waals surface area (Å²) in [6, 6.07) is 8.41. The van der Waals surface area contributed by atoms with Gasteiger partial charge in [0.05, 0.1) is 12.2 Å². The van der Waals surface area contributed by atoms with Gasteiger partial charge in [-0.3, -0.25) is 0 Å². The Balaban J connectivity index is 2.09. The zero-order valence-electron chi connectivity index (χ0n) is 11.6. The summed E-state index contributed by atoms with van der Waals surface area (Å²) in [4.78, 5) is 8.38. The van der Waals surface area contributed by atoms with Gasteiger partial charge in [0.15, 0.2) is 0 Å². The van der Waals surface area contributed by atoms with Gasteiger partial charge < -0.3 is 10.1 Å². The Bertz CT molecular complexity index is 555. The molecule has 4 heteroatoms. The fraction of sp³-hybridized carbons (Fsp3) is 0.333. The molecule has 100 valence electrons. The van der Waals surface area contributed by atoms with Crippen LogP contribution in [0.2, 0.25) is 0 Å². The van der Waals surface area contributed by atoms with Crippen LogP contribution in [0.5, 0.6) is 5.88 Å². The zero-order valence-corrected chi connectivity index (χ0v) is 11.6. The van der Waals surface area contributed by atoms with E-state index in [-0.39, 0.29) is 0 Å². The summed E-state index contributed by atoms with van der Waals surface area (Å²) in [6.07, 6.45) is 1.52. The standard InChI is InChI=1S/C15H19N3O/c1-4-19-15-12(3)14(17-10-18-15)16-9-13-7-5-6-11(2)8-13/h5-8,10H,4,9H2,1-3H3,(H,16,17,18). The average Bonchev–Trinajstić information content (AvgIpc) is 2.40. The largest absolute Gasteiger partial charge is 0.478 e. The van der Waals surface area contributed by atoms with Gasteiger partial charge in [0, 0.05) is 6.54 Å². The van der Waals surface area contributed by atoms with Gasteiger partial charge in [0.1, 0.15) is 12.1 Å². The summed E-state index contributed by atoms with van der Waals surface area (Å²) in [5.74, 6) is 1.46. The highest BCUT2D eigenvalue weighted by Gasteiger charge is 2.07. The van der Waals surface area contributed by atoms with Gasteiger partial charge in [-0.1, -0.05) is 29.8 Å². The molecule has 1 heterocycles. The van der Waals surface area contributed by atoms with Crippen LogP contribution in [-0.4, -0.2) is 16.6 Å². The number of hydrogen-bond acceptors (Lipinski definition) is 4. The maximum Gasteiger partial charge on any atom is 0.221 e. The molecule has 0 aliphatic heterocycles. The summed E-state index contributed by atoms with van der Waals surface area (Å²) >= 11 is 0. The Morgan fingerprint density at radius 1 is 1.21 bits per heavy atom. The van der Waals surface area contributed by atoms with Crippen molar-refractivity contribution in [1.29, 1.82) is 0 Å². The van der Waals surface area contributed by atoms with E-state index in [9.17, 15) is 0 Å². The first-order chi connectivity index (χ1) is 9.20. The van der Waals surface area contributed by atoms with Crippen molar-refractivity contribution in [2.75, 3.05) is 11.9 Å². The molecule has 2 aromatic rings. The van der Waals surface area contributed by atoms with Crippen LogP contribution in [0, 0.1) is 13.8 Å². The van der Waals surface area contributed by atoms with Crippen LogP contribution in [0.25, 0.3) is 0 Å². The second kappa shape index (κ2) is 6.18. The van der Waals surface area contributed by atoms with Gasteiger partial charge in [0.2, 0.25) is 5.88 Å². The van der Waals surface area contributed by atoms with Crippen molar-refractivity contribution < 1.29 is 4.74 Å². The molecule has 0 unspecified atom stereocenters. The van der Waals surface area contributed by atoms with E-state index in [1.54, 1.807) is 0 Å². The lowest BCUT2D eigenvalue weighted by Gasteiger charge is -2.11. The summed E-state index contributed by atoms with van der Waals surface area (Å²) in [7, 11) is 0. The number of anilines is 1. The van der Waals surface area contributed by atoms with Gasteiger partial charge in [-0.15, -0.1) is 0 Å². The average molecular weight is 257 g/mol. The fourth-order valence-corrected chi connectivity index (χ4v) is 1.90. The third-order valence-corrected chi connectivity index (χ3v) is 2.86. The molecule has 1 N–H and O–H groups in total. The topological polar surface area (TPSA) is 47.0 Å². The van der Waals surface area contributed by atoms with Crippen LogP contribution in [0.4, 0.5) is 5.82 Å². The van der Waals surface area contributed by atoms with E-state index in [0.717, 1.165) is 17.9 Å². The highest BCUT2D eigenvalue weighted by Crippen LogP contribution is 2.20. The molecule has 0 saturated carbocycles. The van der Waals surface area contributed by atoms with E-state index < -0.39 is 0 Å². The van der Waals surface area contributed by atoms with Crippen molar-refractivity contribution in [1.82, 2.24) is 9.97 Å². The van der Waals surface area contributed by atoms with Crippen LogP contribution >= 0.6 is 0 Å². The molecule has 1 aromatic heterocycles. The number of rotatable bonds is 5. The number of aromatic nitrogens is 2. The van der Waals surface area contributed by atoms with Crippen LogP contribution in [0.3, 0.4) is 0 Å². The molecule has 0 bridgehead atoms. The molecule has 19 heavy (non-hydrogen) atoms. The number of nitrogens with one attached hydrogen (secondary N) is 1. The molecule has 0 aliphatic carbocycles. The van der Waals surface area contributed by atoms with Crippen LogP contribution < -0.4 is 10.1 Å². The zero-order chi connectivity index (χ0) is 13.7. The summed E-state index contributed by atoms with van der Waals surface area (Å²) in [6.45, 7) is 7.35. The Hall–Kier alpha value is -2.10. The van der Waals surface area contributed by atoms with Crippen LogP contribution in [0.15, 0.2) is 30.6 Å². The van der Waals surface area contributed by atoms with Crippen molar-refractivity contribution in [3.8, 4) is 5.88 Å². The fourth-order valence-electron chi connectivity index (χ4n) is 1.90. The van der Waals surface area contributed by atoms with Gasteiger partial charge in [-0.2, -0.15) is 0 Å². The second-order valence-corrected chi connectivity index (χ2v) is 4.43. The molecule has 0 spiro atoms. The van der Waals surface area contributed by atoms with E-state index in [4.69, 9.17) is 4.74 Å². The summed E-state index contributed by atoms with van der Waals surface area (Å²) in [5, 5.41) is 3.32. The highest BCUT2D eigenvalue weighted by atomic mass is 16.5. The first-order valence-electron chi connectivity index (χ1n) is 6.44. The number of benzene rings is 1. The molecule has 4 nitrogen and oxygen atoms in total. The Labute approximate surface area is 113 Å². The SMILES string of the molecule is CCOc1ncnc(NCc2cccc(C)c2)c1C. The monoisotopic (exact) mass is 257 g/mol. The molecule has 2 rings (SSSR count). The molecule has 0 saturated heterocycles. The molecular formula is C15H19N3O. The normalized spacial score (nSPS) is 10.3. The molecule has 0 atom stereocenters. The van der Waals surface area contributed by atoms with Crippen molar-refractivity contribution in [3.63, 3.8) is 0 Å². The van der Waals surface area contributed by atoms with E-state index in [0.29, 0.717) is 12.5 Å². The summed E-state index contributed by atoms with van der Waals surface area (Å²) < 4.78 is 5.46. The maximum absolute atomic E-state index is 5.46. The van der Waals surface area contributed by atoms with E-state index in [1.165, 1.54) is 17.5 Å². The molecule has 0 fully saturated rings. The minimum atomic E-state index is 0.606. The first-order valence-corrected chi connectivity index (χ1v) is 6.44. The van der Waals surface area contributed by atoms with Crippen molar-refractivity contribution in [2.45, 2.75) is 27.3 Å². The smallest absolute Gasteiger partial charge is 0.221 e. The minimum absolute atomic E-state index is 0.606. The molecule has 0 amide bonds. The van der Waals surface area contributed by atoms with E-state index in [2.05, 4.69) is 46.5 Å². The van der Waals surface area contributed by atoms with Crippen molar-refractivity contribution in [2.24, 2.45) is 0 Å². The lowest BCUT2D eigenvalue weighted by Crippen LogP contribution is -2.06. The van der Waals surface area contributed by atoms with Crippen LogP contribution in [0.1, 0.15) is 23.6 Å². The lowest BCUT2D eigenvalue weighted by atomic mass is 10.1. The minimum Gasteiger partial charge on any atom is -0.478 e. The predicted octanol–water partition coefficient (Wildman–Crippen LogP) is 3.10. The van der Waals surface area contributed by atoms with E-state index in [1.807, 2.05) is 13.8 Å². The first kappa shape index (κ1) is 13.3. The van der Waals surface area contributed by atoms with Gasteiger partial charge in [-0.05, 0) is 26.3 Å². The summed E-state index contributed by atoms with van der Waals surface area (Å²) in [5.41, 5.74) is 3.43. The number of ether oxygens (including phenoxy) is 1. The molecular weight excluding hydrogens is 238 g/mol. The van der Waals surface area contributed by atoms with Crippen molar-refractivity contribution >= 4 is 5.82 Å². The number of aryl methyl sites for hydroxylation is 1. The number of hydrogen-bond donors (Lipinski definition) is 1. The molecule has 0 radical (unpaired) electrons. The maximum atomic E-state index is 5.46. The van der Waals surface area contributed by atoms with Crippen LogP contribution in [-0.2, 0) is 6.54 Å². The predicted molar refractivity (Wildman–Crippen MR) is 76.4 cm³/mol. The van der Waals surface area contributed by atoms with E-state index >= 15 is 0 Å². The molecule has 1 aromatic carbocycles. The quantitative estimate of drug-likeness (QED) is 0.894. The Morgan fingerprint density at radius 3 is 2.79 bits per heavy atom. The second-order valence-electron chi connectivity index (χ2n) is 4.43. The Kier molecular flexibility index (Phi) is 4.34. The lowest BCUT2D eigenvalue weighted by molar-refractivity contribution is 0.324. The van der Waals surface area contributed by atoms with Gasteiger partial charge in [0.25, 0.3) is 0 Å². The third-order valence-electron chi connectivity index (χ3n) is 2.86. The van der Waals surface area contributed by atoms with Crippen molar-refractivity contribution in [3.05, 3.63) is 47.3 Å². The highest BCUT2D eigenvalue weighted by molar-refractivity contribution is 5.48.